The van der Waals surface area contributed by atoms with Crippen molar-refractivity contribution in [3.8, 4) is 0 Å². The lowest BCUT2D eigenvalue weighted by Gasteiger charge is -2.02. The van der Waals surface area contributed by atoms with Gasteiger partial charge >= 0.3 is 0 Å². The van der Waals surface area contributed by atoms with E-state index in [4.69, 9.17) is 9.84 Å². The van der Waals surface area contributed by atoms with Crippen LogP contribution >= 0.6 is 0 Å². The third-order valence-electron chi connectivity index (χ3n) is 1.56. The standard InChI is InChI=1S/C5H10O2/c1-4-3-5(4,6)7-2/h4,6H,3H2,1-2H3. The third-order valence-corrected chi connectivity index (χ3v) is 1.56. The molecule has 0 heterocycles. The van der Waals surface area contributed by atoms with Gasteiger partial charge in [0.05, 0.1) is 0 Å². The van der Waals surface area contributed by atoms with Crippen molar-refractivity contribution in [2.24, 2.45) is 5.92 Å². The molecule has 0 spiro atoms. The predicted molar refractivity (Wildman–Crippen MR) is 25.7 cm³/mol. The van der Waals surface area contributed by atoms with Gasteiger partial charge < -0.3 is 9.84 Å². The first kappa shape index (κ1) is 5.06. The van der Waals surface area contributed by atoms with Crippen LogP contribution in [0.1, 0.15) is 13.3 Å². The van der Waals surface area contributed by atoms with Crippen LogP contribution in [0.25, 0.3) is 0 Å². The number of rotatable bonds is 1. The van der Waals surface area contributed by atoms with Crippen LogP contribution in [-0.4, -0.2) is 18.0 Å². The summed E-state index contributed by atoms with van der Waals surface area (Å²) in [4.78, 5) is 0. The molecule has 0 aromatic heterocycles. The molecule has 0 radical (unpaired) electrons. The van der Waals surface area contributed by atoms with Crippen molar-refractivity contribution in [1.82, 2.24) is 0 Å². The molecule has 0 saturated heterocycles. The first-order chi connectivity index (χ1) is 3.19. The molecule has 1 aliphatic rings. The highest BCUT2D eigenvalue weighted by atomic mass is 16.6. The maximum absolute atomic E-state index is 8.98. The summed E-state index contributed by atoms with van der Waals surface area (Å²) in [7, 11) is 1.53. The van der Waals surface area contributed by atoms with Gasteiger partial charge in [-0.15, -0.1) is 0 Å². The molecular weight excluding hydrogens is 92.1 g/mol. The van der Waals surface area contributed by atoms with E-state index in [9.17, 15) is 0 Å². The van der Waals surface area contributed by atoms with E-state index in [0.29, 0.717) is 5.92 Å². The van der Waals surface area contributed by atoms with Crippen molar-refractivity contribution in [2.45, 2.75) is 19.1 Å². The Labute approximate surface area is 43.1 Å². The number of aliphatic hydroxyl groups is 1. The van der Waals surface area contributed by atoms with Gasteiger partial charge in [0.1, 0.15) is 0 Å². The van der Waals surface area contributed by atoms with Crippen molar-refractivity contribution in [3.63, 3.8) is 0 Å². The molecule has 2 atom stereocenters. The summed E-state index contributed by atoms with van der Waals surface area (Å²) in [6, 6.07) is 0. The minimum Gasteiger partial charge on any atom is -0.365 e. The summed E-state index contributed by atoms with van der Waals surface area (Å²) >= 11 is 0. The summed E-state index contributed by atoms with van der Waals surface area (Å²) in [5.41, 5.74) is 0. The monoisotopic (exact) mass is 102 g/mol. The summed E-state index contributed by atoms with van der Waals surface area (Å²) in [6.07, 6.45) is 0.795. The average molecular weight is 102 g/mol. The molecule has 42 valence electrons. The molecular formula is C5H10O2. The Hall–Kier alpha value is -0.0800. The fourth-order valence-electron chi connectivity index (χ4n) is 0.664. The Kier molecular flexibility index (Phi) is 0.869. The Morgan fingerprint density at radius 1 is 1.86 bits per heavy atom. The first-order valence-electron chi connectivity index (χ1n) is 2.46. The normalized spacial score (nSPS) is 49.3. The van der Waals surface area contributed by atoms with E-state index in [2.05, 4.69) is 0 Å². The van der Waals surface area contributed by atoms with Gasteiger partial charge in [-0.25, -0.2) is 0 Å². The summed E-state index contributed by atoms with van der Waals surface area (Å²) in [6.45, 7) is 1.96. The second-order valence-electron chi connectivity index (χ2n) is 2.15. The fraction of sp³-hybridized carbons (Fsp3) is 1.00. The van der Waals surface area contributed by atoms with Gasteiger partial charge in [0.25, 0.3) is 0 Å². The van der Waals surface area contributed by atoms with Crippen LogP contribution in [0.5, 0.6) is 0 Å². The van der Waals surface area contributed by atoms with E-state index < -0.39 is 5.79 Å². The zero-order chi connectivity index (χ0) is 5.49. The van der Waals surface area contributed by atoms with Crippen LogP contribution in [0, 0.1) is 5.92 Å². The quantitative estimate of drug-likeness (QED) is 0.484. The SMILES string of the molecule is COC1(O)CC1C. The highest BCUT2D eigenvalue weighted by Crippen LogP contribution is 2.42. The van der Waals surface area contributed by atoms with E-state index in [1.165, 1.54) is 7.11 Å². The second kappa shape index (κ2) is 1.20. The van der Waals surface area contributed by atoms with Crippen LogP contribution in [0.3, 0.4) is 0 Å². The molecule has 0 amide bonds. The Morgan fingerprint density at radius 2 is 2.29 bits per heavy atom. The van der Waals surface area contributed by atoms with E-state index in [1.807, 2.05) is 6.92 Å². The molecule has 1 fully saturated rings. The van der Waals surface area contributed by atoms with Gasteiger partial charge in [-0.1, -0.05) is 6.92 Å². The van der Waals surface area contributed by atoms with Crippen LogP contribution in [0.2, 0.25) is 0 Å². The minimum atomic E-state index is -0.750. The molecule has 0 bridgehead atoms. The fourth-order valence-corrected chi connectivity index (χ4v) is 0.664. The molecule has 1 saturated carbocycles. The molecule has 1 N–H and O–H groups in total. The zero-order valence-electron chi connectivity index (χ0n) is 4.64. The van der Waals surface area contributed by atoms with Crippen molar-refractivity contribution >= 4 is 0 Å². The van der Waals surface area contributed by atoms with Crippen LogP contribution in [-0.2, 0) is 4.74 Å². The third kappa shape index (κ3) is 0.640. The lowest BCUT2D eigenvalue weighted by molar-refractivity contribution is -0.111. The number of ether oxygens (including phenoxy) is 1. The van der Waals surface area contributed by atoms with Crippen molar-refractivity contribution in [1.29, 1.82) is 0 Å². The Morgan fingerprint density at radius 3 is 2.29 bits per heavy atom. The van der Waals surface area contributed by atoms with Crippen molar-refractivity contribution in [2.75, 3.05) is 7.11 Å². The van der Waals surface area contributed by atoms with Gasteiger partial charge in [-0.2, -0.15) is 0 Å². The van der Waals surface area contributed by atoms with Crippen LogP contribution in [0.4, 0.5) is 0 Å². The number of hydrogen-bond acceptors (Lipinski definition) is 2. The zero-order valence-corrected chi connectivity index (χ0v) is 4.64. The summed E-state index contributed by atoms with van der Waals surface area (Å²) in [5, 5.41) is 8.98. The lowest BCUT2D eigenvalue weighted by atomic mass is 10.5. The lowest BCUT2D eigenvalue weighted by Crippen LogP contribution is -2.11. The topological polar surface area (TPSA) is 29.5 Å². The van der Waals surface area contributed by atoms with Crippen molar-refractivity contribution < 1.29 is 9.84 Å². The van der Waals surface area contributed by atoms with Crippen LogP contribution < -0.4 is 0 Å². The molecule has 0 aliphatic heterocycles. The molecule has 7 heavy (non-hydrogen) atoms. The number of methoxy groups -OCH3 is 1. The molecule has 1 aliphatic carbocycles. The highest BCUT2D eigenvalue weighted by molar-refractivity contribution is 4.91. The van der Waals surface area contributed by atoms with Gasteiger partial charge in [0, 0.05) is 19.4 Å². The number of hydrogen-bond donors (Lipinski definition) is 1. The largest absolute Gasteiger partial charge is 0.365 e. The average Bonchev–Trinajstić information content (AvgIpc) is 2.18. The highest BCUT2D eigenvalue weighted by Gasteiger charge is 2.50. The Balaban J connectivity index is 2.36. The minimum absolute atomic E-state index is 0.345. The Bertz CT molecular complexity index is 78.1. The van der Waals surface area contributed by atoms with Crippen molar-refractivity contribution in [3.05, 3.63) is 0 Å². The predicted octanol–water partition coefficient (Wildman–Crippen LogP) is 0.361. The smallest absolute Gasteiger partial charge is 0.168 e. The van der Waals surface area contributed by atoms with Gasteiger partial charge in [0.15, 0.2) is 5.79 Å². The molecule has 2 unspecified atom stereocenters. The molecule has 1 rings (SSSR count). The summed E-state index contributed by atoms with van der Waals surface area (Å²) in [5.74, 6) is -0.405. The van der Waals surface area contributed by atoms with E-state index in [1.54, 1.807) is 0 Å². The van der Waals surface area contributed by atoms with Gasteiger partial charge in [-0.3, -0.25) is 0 Å². The maximum atomic E-state index is 8.98. The van der Waals surface area contributed by atoms with E-state index >= 15 is 0 Å². The second-order valence-corrected chi connectivity index (χ2v) is 2.15. The van der Waals surface area contributed by atoms with E-state index in [-0.39, 0.29) is 0 Å². The maximum Gasteiger partial charge on any atom is 0.168 e. The molecule has 2 heteroatoms. The molecule has 0 aromatic carbocycles. The van der Waals surface area contributed by atoms with E-state index in [0.717, 1.165) is 6.42 Å². The molecule has 0 aromatic rings. The van der Waals surface area contributed by atoms with Gasteiger partial charge in [0.2, 0.25) is 0 Å². The van der Waals surface area contributed by atoms with Crippen LogP contribution in [0.15, 0.2) is 0 Å². The summed E-state index contributed by atoms with van der Waals surface area (Å²) < 4.78 is 4.72. The van der Waals surface area contributed by atoms with Gasteiger partial charge in [-0.05, 0) is 0 Å². The molecule has 2 nitrogen and oxygen atoms in total. The first-order valence-corrected chi connectivity index (χ1v) is 2.46.